The lowest BCUT2D eigenvalue weighted by Crippen LogP contribution is -2.08. The highest BCUT2D eigenvalue weighted by atomic mass is 32.2. The minimum absolute atomic E-state index is 0.0674. The van der Waals surface area contributed by atoms with Gasteiger partial charge in [0, 0.05) is 6.92 Å². The Kier molecular flexibility index (Phi) is 5.41. The van der Waals surface area contributed by atoms with Crippen LogP contribution in [-0.4, -0.2) is 15.7 Å². The van der Waals surface area contributed by atoms with Crippen molar-refractivity contribution in [1.29, 1.82) is 0 Å². The molecule has 0 bridgehead atoms. The SMILES string of the molecule is CC(=O)Oc1c(Sc2c(F)c(F)c(F)c(F)c2F)c(C)nn1-c1ccccc1. The molecular formula is C18H11F5N2O2S. The number of aryl methyl sites for hydroxylation is 1. The van der Waals surface area contributed by atoms with E-state index in [2.05, 4.69) is 5.10 Å². The van der Waals surface area contributed by atoms with Crippen LogP contribution in [0.2, 0.25) is 0 Å². The van der Waals surface area contributed by atoms with E-state index in [9.17, 15) is 26.7 Å². The maximum absolute atomic E-state index is 14.1. The fraction of sp³-hybridized carbons (Fsp3) is 0.111. The predicted octanol–water partition coefficient (Wildman–Crippen LogP) is 4.95. The topological polar surface area (TPSA) is 44.1 Å². The van der Waals surface area contributed by atoms with Gasteiger partial charge in [-0.05, 0) is 19.1 Å². The van der Waals surface area contributed by atoms with Crippen LogP contribution in [-0.2, 0) is 4.79 Å². The number of esters is 1. The third-order valence-electron chi connectivity index (χ3n) is 3.58. The minimum Gasteiger partial charge on any atom is -0.406 e. The average molecular weight is 414 g/mol. The summed E-state index contributed by atoms with van der Waals surface area (Å²) in [7, 11) is 0. The molecule has 10 heteroatoms. The number of hydrogen-bond acceptors (Lipinski definition) is 4. The molecule has 0 saturated heterocycles. The van der Waals surface area contributed by atoms with Gasteiger partial charge in [0.15, 0.2) is 23.3 Å². The second-order valence-corrected chi connectivity index (χ2v) is 6.58. The van der Waals surface area contributed by atoms with Crippen molar-refractivity contribution in [2.45, 2.75) is 23.6 Å². The molecule has 0 unspecified atom stereocenters. The Morgan fingerprint density at radius 3 is 2.00 bits per heavy atom. The Bertz CT molecular complexity index is 1040. The number of carbonyl (C=O) groups is 1. The van der Waals surface area contributed by atoms with Gasteiger partial charge >= 0.3 is 5.97 Å². The molecule has 28 heavy (non-hydrogen) atoms. The molecule has 3 aromatic rings. The lowest BCUT2D eigenvalue weighted by molar-refractivity contribution is -0.132. The first-order valence-corrected chi connectivity index (χ1v) is 8.56. The average Bonchev–Trinajstić information content (AvgIpc) is 2.97. The van der Waals surface area contributed by atoms with Crippen LogP contribution < -0.4 is 4.74 Å². The van der Waals surface area contributed by atoms with E-state index in [4.69, 9.17) is 4.74 Å². The number of rotatable bonds is 4. The lowest BCUT2D eigenvalue weighted by atomic mass is 10.3. The van der Waals surface area contributed by atoms with E-state index < -0.39 is 40.0 Å². The molecule has 1 heterocycles. The molecule has 0 N–H and O–H groups in total. The van der Waals surface area contributed by atoms with Crippen molar-refractivity contribution < 1.29 is 31.5 Å². The van der Waals surface area contributed by atoms with Gasteiger partial charge in [0.2, 0.25) is 11.7 Å². The molecule has 4 nitrogen and oxygen atoms in total. The first-order chi connectivity index (χ1) is 13.2. The second-order valence-electron chi connectivity index (χ2n) is 5.56. The van der Waals surface area contributed by atoms with Crippen LogP contribution in [0.25, 0.3) is 5.69 Å². The Morgan fingerprint density at radius 1 is 0.929 bits per heavy atom. The molecule has 0 atom stereocenters. The molecule has 0 aliphatic carbocycles. The standard InChI is InChI=1S/C18H11F5N2O2S/c1-8-16(28-17-14(22)12(20)11(19)13(21)15(17)23)18(27-9(2)26)25(24-8)10-6-4-3-5-7-10/h3-7H,1-2H3. The van der Waals surface area contributed by atoms with E-state index in [-0.39, 0.29) is 28.2 Å². The maximum Gasteiger partial charge on any atom is 0.309 e. The van der Waals surface area contributed by atoms with E-state index >= 15 is 0 Å². The van der Waals surface area contributed by atoms with Crippen molar-refractivity contribution in [2.24, 2.45) is 0 Å². The van der Waals surface area contributed by atoms with E-state index in [1.807, 2.05) is 0 Å². The number of benzene rings is 2. The van der Waals surface area contributed by atoms with Gasteiger partial charge in [-0.15, -0.1) is 0 Å². The number of halogens is 5. The van der Waals surface area contributed by atoms with Crippen molar-refractivity contribution in [2.75, 3.05) is 0 Å². The summed E-state index contributed by atoms with van der Waals surface area (Å²) < 4.78 is 74.7. The quantitative estimate of drug-likeness (QED) is 0.262. The highest BCUT2D eigenvalue weighted by Crippen LogP contribution is 2.42. The molecule has 0 fully saturated rings. The molecule has 0 saturated carbocycles. The maximum atomic E-state index is 14.1. The van der Waals surface area contributed by atoms with Crippen LogP contribution in [0.3, 0.4) is 0 Å². The summed E-state index contributed by atoms with van der Waals surface area (Å²) in [6, 6.07) is 8.36. The summed E-state index contributed by atoms with van der Waals surface area (Å²) in [5.41, 5.74) is 0.625. The molecule has 0 aliphatic heterocycles. The fourth-order valence-electron chi connectivity index (χ4n) is 2.36. The third kappa shape index (κ3) is 3.47. The summed E-state index contributed by atoms with van der Waals surface area (Å²) in [6.07, 6.45) is 0. The number of hydrogen-bond donors (Lipinski definition) is 0. The molecule has 1 aromatic heterocycles. The highest BCUT2D eigenvalue weighted by Gasteiger charge is 2.29. The minimum atomic E-state index is -2.25. The molecule has 2 aromatic carbocycles. The van der Waals surface area contributed by atoms with Crippen molar-refractivity contribution >= 4 is 17.7 Å². The van der Waals surface area contributed by atoms with Crippen molar-refractivity contribution in [3.63, 3.8) is 0 Å². The van der Waals surface area contributed by atoms with Crippen LogP contribution in [0.5, 0.6) is 5.88 Å². The first kappa shape index (κ1) is 19.9. The van der Waals surface area contributed by atoms with Gasteiger partial charge in [-0.2, -0.15) is 9.78 Å². The van der Waals surface area contributed by atoms with E-state index in [0.29, 0.717) is 5.69 Å². The Labute approximate surface area is 159 Å². The van der Waals surface area contributed by atoms with Gasteiger partial charge < -0.3 is 4.74 Å². The smallest absolute Gasteiger partial charge is 0.309 e. The summed E-state index contributed by atoms with van der Waals surface area (Å²) in [5.74, 6) is -11.3. The lowest BCUT2D eigenvalue weighted by Gasteiger charge is -2.10. The van der Waals surface area contributed by atoms with Gasteiger partial charge in [0.05, 0.1) is 21.2 Å². The van der Waals surface area contributed by atoms with Crippen LogP contribution >= 0.6 is 11.8 Å². The van der Waals surface area contributed by atoms with E-state index in [0.717, 1.165) is 6.92 Å². The number of aromatic nitrogens is 2. The number of ether oxygens (including phenoxy) is 1. The number of carbonyl (C=O) groups excluding carboxylic acids is 1. The number of para-hydroxylation sites is 1. The fourth-order valence-corrected chi connectivity index (χ4v) is 3.32. The van der Waals surface area contributed by atoms with E-state index in [1.165, 1.54) is 11.6 Å². The zero-order valence-electron chi connectivity index (χ0n) is 14.4. The van der Waals surface area contributed by atoms with Gasteiger partial charge in [-0.25, -0.2) is 22.0 Å². The monoisotopic (exact) mass is 414 g/mol. The van der Waals surface area contributed by atoms with Crippen LogP contribution in [0.15, 0.2) is 40.1 Å². The molecule has 0 radical (unpaired) electrons. The van der Waals surface area contributed by atoms with Crippen LogP contribution in [0.1, 0.15) is 12.6 Å². The van der Waals surface area contributed by atoms with Crippen molar-refractivity contribution in [1.82, 2.24) is 9.78 Å². The molecule has 3 rings (SSSR count). The molecule has 0 spiro atoms. The molecule has 0 amide bonds. The summed E-state index contributed by atoms with van der Waals surface area (Å²) in [5, 5.41) is 4.16. The normalized spacial score (nSPS) is 11.0. The molecular weight excluding hydrogens is 403 g/mol. The summed E-state index contributed by atoms with van der Waals surface area (Å²) in [4.78, 5) is 10.3. The Balaban J connectivity index is 2.19. The summed E-state index contributed by atoms with van der Waals surface area (Å²) in [6.45, 7) is 2.55. The van der Waals surface area contributed by atoms with E-state index in [1.54, 1.807) is 30.3 Å². The number of nitrogens with zero attached hydrogens (tertiary/aromatic N) is 2. The Morgan fingerprint density at radius 2 is 1.46 bits per heavy atom. The Hall–Kier alpha value is -2.88. The predicted molar refractivity (Wildman–Crippen MR) is 90.0 cm³/mol. The van der Waals surface area contributed by atoms with Gasteiger partial charge in [-0.1, -0.05) is 30.0 Å². The highest BCUT2D eigenvalue weighted by molar-refractivity contribution is 7.99. The van der Waals surface area contributed by atoms with Gasteiger partial charge in [-0.3, -0.25) is 4.79 Å². The zero-order chi connectivity index (χ0) is 20.6. The van der Waals surface area contributed by atoms with Crippen molar-refractivity contribution in [3.05, 3.63) is 65.1 Å². The van der Waals surface area contributed by atoms with Crippen LogP contribution in [0, 0.1) is 36.0 Å². The molecule has 0 aliphatic rings. The second kappa shape index (κ2) is 7.63. The largest absolute Gasteiger partial charge is 0.406 e. The molecule has 146 valence electrons. The third-order valence-corrected chi connectivity index (χ3v) is 4.82. The van der Waals surface area contributed by atoms with Crippen LogP contribution in [0.4, 0.5) is 22.0 Å². The zero-order valence-corrected chi connectivity index (χ0v) is 15.2. The first-order valence-electron chi connectivity index (χ1n) is 7.75. The summed E-state index contributed by atoms with van der Waals surface area (Å²) >= 11 is 0.231. The van der Waals surface area contributed by atoms with Gasteiger partial charge in [0.1, 0.15) is 0 Å². The van der Waals surface area contributed by atoms with Gasteiger partial charge in [0.25, 0.3) is 0 Å². The van der Waals surface area contributed by atoms with Crippen molar-refractivity contribution in [3.8, 4) is 11.6 Å².